The molecule has 162 valence electrons. The van der Waals surface area contributed by atoms with E-state index in [0.29, 0.717) is 22.6 Å². The molecule has 0 spiro atoms. The van der Waals surface area contributed by atoms with Crippen LogP contribution < -0.4 is 9.64 Å². The molecule has 1 amide bonds. The van der Waals surface area contributed by atoms with Crippen LogP contribution in [-0.2, 0) is 9.59 Å². The Labute approximate surface area is 185 Å². The number of halogens is 1. The first-order valence-corrected chi connectivity index (χ1v) is 10.1. The van der Waals surface area contributed by atoms with Crippen molar-refractivity contribution in [2.24, 2.45) is 0 Å². The Morgan fingerprint density at radius 1 is 1.00 bits per heavy atom. The van der Waals surface area contributed by atoms with Gasteiger partial charge in [-0.1, -0.05) is 35.9 Å². The molecule has 0 aliphatic carbocycles. The van der Waals surface area contributed by atoms with Gasteiger partial charge in [0.05, 0.1) is 18.7 Å². The maximum absolute atomic E-state index is 13.6. The molecule has 1 saturated heterocycles. The van der Waals surface area contributed by atoms with E-state index in [2.05, 4.69) is 0 Å². The lowest BCUT2D eigenvalue weighted by Gasteiger charge is -2.26. The summed E-state index contributed by atoms with van der Waals surface area (Å²) < 4.78 is 19.0. The highest BCUT2D eigenvalue weighted by Gasteiger charge is 2.48. The van der Waals surface area contributed by atoms with Gasteiger partial charge in [-0.2, -0.15) is 0 Å². The Morgan fingerprint density at radius 3 is 2.38 bits per heavy atom. The summed E-state index contributed by atoms with van der Waals surface area (Å²) >= 11 is 0. The normalized spacial score (nSPS) is 17.6. The number of carbonyl (C=O) groups is 2. The minimum Gasteiger partial charge on any atom is -0.507 e. The third-order valence-corrected chi connectivity index (χ3v) is 5.63. The zero-order valence-corrected chi connectivity index (χ0v) is 17.9. The molecule has 0 aromatic heterocycles. The Kier molecular flexibility index (Phi) is 5.53. The maximum atomic E-state index is 13.6. The lowest BCUT2D eigenvalue weighted by Crippen LogP contribution is -2.29. The maximum Gasteiger partial charge on any atom is 0.300 e. The Bertz CT molecular complexity index is 1250. The number of rotatable bonds is 4. The topological polar surface area (TPSA) is 66.8 Å². The highest BCUT2D eigenvalue weighted by molar-refractivity contribution is 6.51. The molecule has 1 heterocycles. The number of amides is 1. The van der Waals surface area contributed by atoms with Gasteiger partial charge in [0.15, 0.2) is 0 Å². The van der Waals surface area contributed by atoms with Gasteiger partial charge in [-0.25, -0.2) is 4.39 Å². The molecule has 0 saturated carbocycles. The fourth-order valence-electron chi connectivity index (χ4n) is 4.02. The smallest absolute Gasteiger partial charge is 0.300 e. The van der Waals surface area contributed by atoms with Crippen molar-refractivity contribution < 1.29 is 23.8 Å². The average molecular weight is 431 g/mol. The molecular weight excluding hydrogens is 409 g/mol. The zero-order valence-electron chi connectivity index (χ0n) is 17.9. The van der Waals surface area contributed by atoms with Crippen molar-refractivity contribution in [2.75, 3.05) is 12.0 Å². The van der Waals surface area contributed by atoms with E-state index in [4.69, 9.17) is 4.74 Å². The van der Waals surface area contributed by atoms with Crippen molar-refractivity contribution in [3.63, 3.8) is 0 Å². The minimum atomic E-state index is -0.948. The number of ether oxygens (including phenoxy) is 1. The van der Waals surface area contributed by atoms with Crippen molar-refractivity contribution in [2.45, 2.75) is 19.9 Å². The van der Waals surface area contributed by atoms with E-state index in [1.165, 1.54) is 36.3 Å². The van der Waals surface area contributed by atoms with E-state index in [9.17, 15) is 19.1 Å². The molecule has 3 aromatic rings. The minimum absolute atomic E-state index is 0.0440. The van der Waals surface area contributed by atoms with Crippen LogP contribution in [0.2, 0.25) is 0 Å². The van der Waals surface area contributed by atoms with Gasteiger partial charge in [0, 0.05) is 16.8 Å². The fraction of sp³-hybridized carbons (Fsp3) is 0.154. The third kappa shape index (κ3) is 3.54. The van der Waals surface area contributed by atoms with Crippen molar-refractivity contribution in [1.29, 1.82) is 0 Å². The lowest BCUT2D eigenvalue weighted by molar-refractivity contribution is -0.132. The number of aliphatic hydroxyl groups excluding tert-OH is 1. The molecule has 1 aliphatic rings. The Balaban J connectivity index is 2.01. The summed E-state index contributed by atoms with van der Waals surface area (Å²) in [5, 5.41) is 11.3. The molecule has 1 atom stereocenters. The van der Waals surface area contributed by atoms with Crippen LogP contribution in [0.5, 0.6) is 5.75 Å². The first kappa shape index (κ1) is 21.3. The largest absolute Gasteiger partial charge is 0.507 e. The van der Waals surface area contributed by atoms with Crippen LogP contribution in [-0.4, -0.2) is 23.9 Å². The Hall–Kier alpha value is -3.93. The number of aliphatic hydroxyl groups is 1. The second kappa shape index (κ2) is 8.30. The van der Waals surface area contributed by atoms with E-state index in [0.717, 1.165) is 11.1 Å². The molecule has 1 fully saturated rings. The summed E-state index contributed by atoms with van der Waals surface area (Å²) in [6, 6.07) is 16.9. The summed E-state index contributed by atoms with van der Waals surface area (Å²) in [7, 11) is 1.49. The number of anilines is 1. The molecule has 0 bridgehead atoms. The highest BCUT2D eigenvalue weighted by atomic mass is 19.1. The van der Waals surface area contributed by atoms with Crippen LogP contribution in [0.15, 0.2) is 72.3 Å². The number of ketones is 1. The summed E-state index contributed by atoms with van der Waals surface area (Å²) in [5.41, 5.74) is 2.97. The van der Waals surface area contributed by atoms with Crippen LogP contribution in [0.1, 0.15) is 28.3 Å². The van der Waals surface area contributed by atoms with Gasteiger partial charge in [0.1, 0.15) is 17.3 Å². The van der Waals surface area contributed by atoms with E-state index >= 15 is 0 Å². The summed E-state index contributed by atoms with van der Waals surface area (Å²) in [6.07, 6.45) is 0. The number of aryl methyl sites for hydroxylation is 2. The zero-order chi connectivity index (χ0) is 23.0. The Morgan fingerprint density at radius 2 is 1.69 bits per heavy atom. The monoisotopic (exact) mass is 431 g/mol. The fourth-order valence-corrected chi connectivity index (χ4v) is 4.02. The van der Waals surface area contributed by atoms with Crippen LogP contribution >= 0.6 is 0 Å². The van der Waals surface area contributed by atoms with Crippen LogP contribution in [0.4, 0.5) is 10.1 Å². The van der Waals surface area contributed by atoms with E-state index < -0.39 is 23.5 Å². The number of para-hydroxylation sites is 1. The number of Topliss-reactive ketones (excluding diaryl/α,β-unsaturated/α-hetero) is 1. The van der Waals surface area contributed by atoms with Gasteiger partial charge in [-0.05, 0) is 55.8 Å². The quantitative estimate of drug-likeness (QED) is 0.356. The summed E-state index contributed by atoms with van der Waals surface area (Å²) in [5.74, 6) is -1.89. The van der Waals surface area contributed by atoms with Crippen LogP contribution in [0, 0.1) is 19.7 Å². The predicted octanol–water partition coefficient (Wildman–Crippen LogP) is 5.08. The molecule has 4 rings (SSSR count). The van der Waals surface area contributed by atoms with Gasteiger partial charge in [0.2, 0.25) is 0 Å². The van der Waals surface area contributed by atoms with E-state index in [1.54, 1.807) is 30.3 Å². The van der Waals surface area contributed by atoms with Crippen molar-refractivity contribution >= 4 is 23.1 Å². The number of nitrogens with zero attached hydrogens (tertiary/aromatic N) is 1. The van der Waals surface area contributed by atoms with Gasteiger partial charge in [0.25, 0.3) is 11.7 Å². The predicted molar refractivity (Wildman–Crippen MR) is 120 cm³/mol. The number of hydrogen-bond acceptors (Lipinski definition) is 4. The van der Waals surface area contributed by atoms with Crippen LogP contribution in [0.25, 0.3) is 5.76 Å². The van der Waals surface area contributed by atoms with E-state index in [1.807, 2.05) is 26.0 Å². The average Bonchev–Trinajstić information content (AvgIpc) is 3.06. The van der Waals surface area contributed by atoms with Crippen molar-refractivity contribution in [3.8, 4) is 5.75 Å². The molecule has 6 heteroatoms. The molecule has 1 aliphatic heterocycles. The lowest BCUT2D eigenvalue weighted by atomic mass is 9.92. The van der Waals surface area contributed by atoms with E-state index in [-0.39, 0.29) is 11.3 Å². The molecule has 1 unspecified atom stereocenters. The van der Waals surface area contributed by atoms with Crippen molar-refractivity contribution in [1.82, 2.24) is 0 Å². The summed E-state index contributed by atoms with van der Waals surface area (Å²) in [4.78, 5) is 27.7. The second-order valence-electron chi connectivity index (χ2n) is 7.71. The standard InChI is InChI=1S/C26H22FNO4/c1-15-8-9-16(2)20(14-15)24(29)22-23(19-6-4-5-7-21(19)32-3)28(26(31)25(22)30)18-12-10-17(27)11-13-18/h4-14,23,29H,1-3H3/b24-22+. The van der Waals surface area contributed by atoms with Gasteiger partial charge < -0.3 is 9.84 Å². The number of carbonyl (C=O) groups excluding carboxylic acids is 2. The third-order valence-electron chi connectivity index (χ3n) is 5.63. The summed E-state index contributed by atoms with van der Waals surface area (Å²) in [6.45, 7) is 3.70. The van der Waals surface area contributed by atoms with Gasteiger partial charge in [-0.15, -0.1) is 0 Å². The number of hydrogen-bond donors (Lipinski definition) is 1. The van der Waals surface area contributed by atoms with Gasteiger partial charge in [-0.3, -0.25) is 14.5 Å². The molecule has 5 nitrogen and oxygen atoms in total. The van der Waals surface area contributed by atoms with Gasteiger partial charge >= 0.3 is 0 Å². The first-order chi connectivity index (χ1) is 15.3. The number of methoxy groups -OCH3 is 1. The first-order valence-electron chi connectivity index (χ1n) is 10.1. The SMILES string of the molecule is COc1ccccc1C1/C(=C(\O)c2cc(C)ccc2C)C(=O)C(=O)N1c1ccc(F)cc1. The molecular formula is C26H22FNO4. The molecule has 1 N–H and O–H groups in total. The molecule has 0 radical (unpaired) electrons. The second-order valence-corrected chi connectivity index (χ2v) is 7.71. The molecule has 3 aromatic carbocycles. The van der Waals surface area contributed by atoms with Crippen LogP contribution in [0.3, 0.4) is 0 Å². The number of benzene rings is 3. The van der Waals surface area contributed by atoms with Crippen molar-refractivity contribution in [3.05, 3.63) is 100 Å². The highest BCUT2D eigenvalue weighted by Crippen LogP contribution is 2.45. The molecule has 32 heavy (non-hydrogen) atoms.